The number of phosphoric ester groups is 1. The third kappa shape index (κ3) is 10.6. The van der Waals surface area contributed by atoms with Gasteiger partial charge in [0.25, 0.3) is 0 Å². The summed E-state index contributed by atoms with van der Waals surface area (Å²) in [5.74, 6) is -0.786. The van der Waals surface area contributed by atoms with Crippen LogP contribution in [-0.2, 0) is 9.09 Å². The lowest BCUT2D eigenvalue weighted by Crippen LogP contribution is -2.37. The number of aromatic nitrogens is 2. The van der Waals surface area contributed by atoms with Crippen LogP contribution < -0.4 is 0 Å². The van der Waals surface area contributed by atoms with Gasteiger partial charge in [-0.25, -0.2) is 9.55 Å². The van der Waals surface area contributed by atoms with E-state index in [2.05, 4.69) is 14.5 Å². The highest BCUT2D eigenvalue weighted by atomic mass is 31.2. The summed E-state index contributed by atoms with van der Waals surface area (Å²) < 4.78 is 15.1. The Morgan fingerprint density at radius 1 is 1.38 bits per heavy atom. The molecule has 1 aromatic rings. The predicted molar refractivity (Wildman–Crippen MR) is 82.9 cm³/mol. The number of ketones is 1. The molecule has 0 radical (unpaired) electrons. The van der Waals surface area contributed by atoms with Gasteiger partial charge < -0.3 is 34.6 Å². The van der Waals surface area contributed by atoms with Gasteiger partial charge in [-0.1, -0.05) is 0 Å². The first-order valence-electron chi connectivity index (χ1n) is 6.88. The van der Waals surface area contributed by atoms with E-state index in [-0.39, 0.29) is 12.4 Å². The number of hydrogen-bond acceptors (Lipinski definition) is 7. The molecule has 0 spiro atoms. The standard InChI is InChI=1S/C7H10N2O4.C5H14NO4P/c10-3-4(11)5(12)6(13)7-8-1-2-9-7;1-6(2,3)4-5-10-11(7,8)9/h1-2,4-5,10-12H,3H2,(H,8,9);4-5H2,1-3H3,(H-,7,8,9)/p+1/t4-,5?;/m0./s1. The minimum atomic E-state index is -4.26. The van der Waals surface area contributed by atoms with Crippen molar-refractivity contribution in [1.82, 2.24) is 9.97 Å². The van der Waals surface area contributed by atoms with E-state index < -0.39 is 32.4 Å². The molecule has 1 heterocycles. The molecular formula is C12H25N3O8P+. The number of aromatic amines is 1. The highest BCUT2D eigenvalue weighted by Gasteiger charge is 2.26. The third-order valence-corrected chi connectivity index (χ3v) is 3.09. The molecule has 11 nitrogen and oxygen atoms in total. The van der Waals surface area contributed by atoms with E-state index in [1.54, 1.807) is 0 Å². The van der Waals surface area contributed by atoms with Gasteiger partial charge in [0.15, 0.2) is 5.82 Å². The quantitative estimate of drug-likeness (QED) is 0.174. The highest BCUT2D eigenvalue weighted by Crippen LogP contribution is 2.35. The monoisotopic (exact) mass is 370 g/mol. The molecule has 1 aromatic heterocycles. The highest BCUT2D eigenvalue weighted by molar-refractivity contribution is 7.46. The first kappa shape index (κ1) is 22.8. The van der Waals surface area contributed by atoms with Crippen molar-refractivity contribution in [1.29, 1.82) is 0 Å². The largest absolute Gasteiger partial charge is 0.469 e. The molecule has 6 N–H and O–H groups in total. The Bertz CT molecular complexity index is 525. The lowest BCUT2D eigenvalue weighted by molar-refractivity contribution is -0.870. The second-order valence-electron chi connectivity index (χ2n) is 5.83. The topological polar surface area (TPSA) is 173 Å². The van der Waals surface area contributed by atoms with Crippen LogP contribution in [0, 0.1) is 0 Å². The molecule has 0 saturated carbocycles. The van der Waals surface area contributed by atoms with E-state index in [0.29, 0.717) is 11.0 Å². The van der Waals surface area contributed by atoms with Crippen LogP contribution in [-0.4, -0.2) is 98.5 Å². The molecule has 12 heteroatoms. The number of carbonyl (C=O) groups excluding carboxylic acids is 1. The number of carbonyl (C=O) groups is 1. The number of imidazole rings is 1. The first-order valence-corrected chi connectivity index (χ1v) is 8.41. The molecule has 0 bridgehead atoms. The van der Waals surface area contributed by atoms with E-state index in [9.17, 15) is 9.36 Å². The summed E-state index contributed by atoms with van der Waals surface area (Å²) in [6, 6.07) is 0. The van der Waals surface area contributed by atoms with Crippen LogP contribution in [0.15, 0.2) is 12.4 Å². The molecule has 1 unspecified atom stereocenters. The number of aliphatic hydroxyl groups excluding tert-OH is 3. The summed E-state index contributed by atoms with van der Waals surface area (Å²) in [4.78, 5) is 33.9. The maximum absolute atomic E-state index is 11.2. The van der Waals surface area contributed by atoms with E-state index in [0.717, 1.165) is 0 Å². The Labute approximate surface area is 139 Å². The lowest BCUT2D eigenvalue weighted by atomic mass is 10.1. The average molecular weight is 370 g/mol. The fourth-order valence-electron chi connectivity index (χ4n) is 1.25. The summed E-state index contributed by atoms with van der Waals surface area (Å²) in [7, 11) is 1.50. The van der Waals surface area contributed by atoms with Gasteiger partial charge in [-0.05, 0) is 0 Å². The predicted octanol–water partition coefficient (Wildman–Crippen LogP) is -1.89. The SMILES string of the molecule is C[N+](C)(C)CCOP(=O)(O)O.O=C(c1ncc[nH]1)C(O)[C@@H](O)CO. The van der Waals surface area contributed by atoms with Crippen molar-refractivity contribution >= 4 is 13.6 Å². The smallest absolute Gasteiger partial charge is 0.394 e. The van der Waals surface area contributed by atoms with Crippen LogP contribution in [0.1, 0.15) is 10.6 Å². The van der Waals surface area contributed by atoms with Crippen molar-refractivity contribution in [2.45, 2.75) is 12.2 Å². The fraction of sp³-hybridized carbons (Fsp3) is 0.667. The minimum absolute atomic E-state index is 0.0417. The van der Waals surface area contributed by atoms with Crippen molar-refractivity contribution in [3.63, 3.8) is 0 Å². The van der Waals surface area contributed by atoms with Gasteiger partial charge in [0, 0.05) is 12.4 Å². The Balaban J connectivity index is 0.000000449. The Morgan fingerprint density at radius 2 is 1.96 bits per heavy atom. The molecule has 140 valence electrons. The number of phosphoric acid groups is 1. The Hall–Kier alpha value is -1.17. The average Bonchev–Trinajstić information content (AvgIpc) is 2.96. The van der Waals surface area contributed by atoms with E-state index in [1.165, 1.54) is 12.4 Å². The van der Waals surface area contributed by atoms with Crippen LogP contribution in [0.5, 0.6) is 0 Å². The molecule has 0 aliphatic rings. The molecule has 0 saturated heterocycles. The third-order valence-electron chi connectivity index (χ3n) is 2.57. The molecule has 0 aromatic carbocycles. The second kappa shape index (κ2) is 9.97. The van der Waals surface area contributed by atoms with E-state index >= 15 is 0 Å². The van der Waals surface area contributed by atoms with Crippen molar-refractivity contribution in [2.75, 3.05) is 40.9 Å². The van der Waals surface area contributed by atoms with Gasteiger partial charge in [-0.15, -0.1) is 0 Å². The summed E-state index contributed by atoms with van der Waals surface area (Å²) in [5, 5.41) is 26.5. The molecule has 0 fully saturated rings. The fourth-order valence-corrected chi connectivity index (χ4v) is 1.57. The molecular weight excluding hydrogens is 345 g/mol. The van der Waals surface area contributed by atoms with Crippen LogP contribution in [0.4, 0.5) is 0 Å². The summed E-state index contributed by atoms with van der Waals surface area (Å²) in [6.45, 7) is -0.0213. The van der Waals surface area contributed by atoms with Crippen molar-refractivity contribution in [3.05, 3.63) is 18.2 Å². The number of Topliss-reactive ketones (excluding diaryl/α,β-unsaturated/α-hetero) is 1. The zero-order chi connectivity index (χ0) is 19.0. The van der Waals surface area contributed by atoms with Crippen molar-refractivity contribution in [2.24, 2.45) is 0 Å². The maximum atomic E-state index is 11.2. The molecule has 0 amide bonds. The number of aliphatic hydroxyl groups is 3. The van der Waals surface area contributed by atoms with Crippen LogP contribution >= 0.6 is 7.82 Å². The molecule has 1 rings (SSSR count). The number of likely N-dealkylation sites (N-methyl/N-ethyl adjacent to an activating group) is 1. The second-order valence-corrected chi connectivity index (χ2v) is 7.07. The first-order chi connectivity index (χ1) is 10.9. The van der Waals surface area contributed by atoms with Gasteiger partial charge in [-0.2, -0.15) is 0 Å². The zero-order valence-electron chi connectivity index (χ0n) is 13.7. The summed E-state index contributed by atoms with van der Waals surface area (Å²) in [5.41, 5.74) is 0. The maximum Gasteiger partial charge on any atom is 0.469 e. The van der Waals surface area contributed by atoms with Gasteiger partial charge >= 0.3 is 7.82 Å². The molecule has 0 aliphatic heterocycles. The number of nitrogens with zero attached hydrogens (tertiary/aromatic N) is 2. The van der Waals surface area contributed by atoms with Gasteiger partial charge in [0.2, 0.25) is 5.78 Å². The van der Waals surface area contributed by atoms with Crippen LogP contribution in [0.3, 0.4) is 0 Å². The summed E-state index contributed by atoms with van der Waals surface area (Å²) >= 11 is 0. The molecule has 0 aliphatic carbocycles. The number of quaternary nitrogens is 1. The Kier molecular flexibility index (Phi) is 9.48. The van der Waals surface area contributed by atoms with Gasteiger partial charge in [-0.3, -0.25) is 9.32 Å². The zero-order valence-corrected chi connectivity index (χ0v) is 14.6. The van der Waals surface area contributed by atoms with E-state index in [4.69, 9.17) is 25.1 Å². The number of hydrogen-bond donors (Lipinski definition) is 6. The van der Waals surface area contributed by atoms with Crippen LogP contribution in [0.2, 0.25) is 0 Å². The van der Waals surface area contributed by atoms with Gasteiger partial charge in [0.05, 0.1) is 27.7 Å². The number of rotatable bonds is 8. The Morgan fingerprint density at radius 3 is 2.33 bits per heavy atom. The summed E-state index contributed by atoms with van der Waals surface area (Å²) in [6.07, 6.45) is -0.343. The molecule has 24 heavy (non-hydrogen) atoms. The number of H-pyrrole nitrogens is 1. The van der Waals surface area contributed by atoms with Crippen LogP contribution in [0.25, 0.3) is 0 Å². The van der Waals surface area contributed by atoms with Gasteiger partial charge in [0.1, 0.15) is 25.4 Å². The normalized spacial score (nSPS) is 14.5. The minimum Gasteiger partial charge on any atom is -0.394 e. The van der Waals surface area contributed by atoms with Crippen molar-refractivity contribution < 1.29 is 43.5 Å². The molecule has 2 atom stereocenters. The number of nitrogens with one attached hydrogen (secondary N) is 1. The van der Waals surface area contributed by atoms with Crippen molar-refractivity contribution in [3.8, 4) is 0 Å². The lowest BCUT2D eigenvalue weighted by Gasteiger charge is -2.23. The van der Waals surface area contributed by atoms with E-state index in [1.807, 2.05) is 21.1 Å².